The Hall–Kier alpha value is -3.68. The lowest BCUT2D eigenvalue weighted by Gasteiger charge is -2.33. The summed E-state index contributed by atoms with van der Waals surface area (Å²) in [5.41, 5.74) is 3.93. The maximum absolute atomic E-state index is 12.6. The smallest absolute Gasteiger partial charge is 0.322 e. The number of amides is 2. The second-order valence-corrected chi connectivity index (χ2v) is 7.76. The van der Waals surface area contributed by atoms with Crippen molar-refractivity contribution in [2.45, 2.75) is 27.2 Å². The van der Waals surface area contributed by atoms with Gasteiger partial charge in [-0.05, 0) is 49.4 Å². The van der Waals surface area contributed by atoms with E-state index >= 15 is 0 Å². The number of carbonyl (C=O) groups is 1. The zero-order chi connectivity index (χ0) is 21.8. The number of likely N-dealkylation sites (tertiary alicyclic amines) is 1. The number of hydrogen-bond donors (Lipinski definition) is 1. The summed E-state index contributed by atoms with van der Waals surface area (Å²) in [5.74, 6) is 1.52. The van der Waals surface area contributed by atoms with Crippen molar-refractivity contribution in [2.24, 2.45) is 5.92 Å². The number of nitrogens with zero attached hydrogens (tertiary/aromatic N) is 4. The first-order valence-electron chi connectivity index (χ1n) is 10.2. The van der Waals surface area contributed by atoms with E-state index in [1.807, 2.05) is 36.1 Å². The third kappa shape index (κ3) is 5.09. The van der Waals surface area contributed by atoms with Crippen molar-refractivity contribution in [1.82, 2.24) is 20.0 Å². The molecule has 8 nitrogen and oxygen atoms in total. The van der Waals surface area contributed by atoms with Crippen LogP contribution in [0.4, 0.5) is 10.5 Å². The number of ether oxygens (including phenoxy) is 1. The molecule has 0 aliphatic carbocycles. The van der Waals surface area contributed by atoms with Gasteiger partial charge in [-0.25, -0.2) is 14.8 Å². The number of urea groups is 1. The van der Waals surface area contributed by atoms with E-state index in [-0.39, 0.29) is 11.9 Å². The summed E-state index contributed by atoms with van der Waals surface area (Å²) in [6.07, 6.45) is 7.95. The minimum Gasteiger partial charge on any atom is -0.424 e. The SMILES string of the molecule is Cc1cnc(Oc2cccc(C=C3CCN(C(=O)Nc4cnoc4C)CC3C)c2)nc1. The number of benzene rings is 1. The van der Waals surface area contributed by atoms with Gasteiger partial charge in [0.1, 0.15) is 11.4 Å². The second-order valence-electron chi connectivity index (χ2n) is 7.76. The van der Waals surface area contributed by atoms with Crippen molar-refractivity contribution in [3.63, 3.8) is 0 Å². The monoisotopic (exact) mass is 419 g/mol. The molecule has 1 N–H and O–H groups in total. The van der Waals surface area contributed by atoms with Crippen LogP contribution in [-0.4, -0.2) is 39.1 Å². The molecule has 4 rings (SSSR count). The second kappa shape index (κ2) is 8.99. The molecule has 2 amide bonds. The molecule has 1 aliphatic heterocycles. The van der Waals surface area contributed by atoms with Crippen molar-refractivity contribution >= 4 is 17.8 Å². The Balaban J connectivity index is 1.40. The van der Waals surface area contributed by atoms with E-state index in [2.05, 4.69) is 33.4 Å². The number of aromatic nitrogens is 3. The Morgan fingerprint density at radius 3 is 2.77 bits per heavy atom. The summed E-state index contributed by atoms with van der Waals surface area (Å²) < 4.78 is 10.8. The van der Waals surface area contributed by atoms with Crippen molar-refractivity contribution in [1.29, 1.82) is 0 Å². The molecule has 1 atom stereocenters. The first kappa shape index (κ1) is 20.6. The molecular formula is C23H25N5O3. The molecule has 3 heterocycles. The highest BCUT2D eigenvalue weighted by Gasteiger charge is 2.25. The molecule has 1 unspecified atom stereocenters. The normalized spacial score (nSPS) is 17.6. The summed E-state index contributed by atoms with van der Waals surface area (Å²) in [4.78, 5) is 22.8. The number of hydrogen-bond acceptors (Lipinski definition) is 6. The molecule has 1 aromatic carbocycles. The number of rotatable bonds is 4. The summed E-state index contributed by atoms with van der Waals surface area (Å²) in [5, 5.41) is 6.56. The van der Waals surface area contributed by atoms with Crippen molar-refractivity contribution in [3.8, 4) is 11.8 Å². The van der Waals surface area contributed by atoms with E-state index in [1.165, 1.54) is 11.8 Å². The average molecular weight is 419 g/mol. The van der Waals surface area contributed by atoms with Crippen molar-refractivity contribution < 1.29 is 14.1 Å². The molecule has 2 aromatic heterocycles. The molecule has 0 radical (unpaired) electrons. The maximum atomic E-state index is 12.6. The molecule has 3 aromatic rings. The van der Waals surface area contributed by atoms with Crippen LogP contribution >= 0.6 is 0 Å². The maximum Gasteiger partial charge on any atom is 0.322 e. The van der Waals surface area contributed by atoms with Crippen LogP contribution in [0.25, 0.3) is 6.08 Å². The molecule has 31 heavy (non-hydrogen) atoms. The lowest BCUT2D eigenvalue weighted by atomic mass is 9.91. The Morgan fingerprint density at radius 1 is 1.26 bits per heavy atom. The van der Waals surface area contributed by atoms with Crippen LogP contribution in [0.15, 0.2) is 53.0 Å². The van der Waals surface area contributed by atoms with Gasteiger partial charge in [0, 0.05) is 25.5 Å². The summed E-state index contributed by atoms with van der Waals surface area (Å²) in [6, 6.07) is 8.03. The summed E-state index contributed by atoms with van der Waals surface area (Å²) in [7, 11) is 0. The minimum absolute atomic E-state index is 0.134. The van der Waals surface area contributed by atoms with Gasteiger partial charge in [0.2, 0.25) is 0 Å². The lowest BCUT2D eigenvalue weighted by molar-refractivity contribution is 0.197. The minimum atomic E-state index is -0.134. The van der Waals surface area contributed by atoms with Gasteiger partial charge in [0.25, 0.3) is 0 Å². The Bertz CT molecular complexity index is 1090. The molecule has 0 spiro atoms. The highest BCUT2D eigenvalue weighted by molar-refractivity contribution is 5.89. The number of nitrogens with one attached hydrogen (secondary N) is 1. The van der Waals surface area contributed by atoms with Crippen LogP contribution in [0.3, 0.4) is 0 Å². The quantitative estimate of drug-likeness (QED) is 0.651. The van der Waals surface area contributed by atoms with E-state index in [1.54, 1.807) is 19.3 Å². The molecule has 0 bridgehead atoms. The fourth-order valence-electron chi connectivity index (χ4n) is 3.48. The number of piperidine rings is 1. The summed E-state index contributed by atoms with van der Waals surface area (Å²) in [6.45, 7) is 7.14. The predicted molar refractivity (Wildman–Crippen MR) is 117 cm³/mol. The number of aryl methyl sites for hydroxylation is 2. The first-order valence-corrected chi connectivity index (χ1v) is 10.2. The molecule has 1 aliphatic rings. The van der Waals surface area contributed by atoms with Gasteiger partial charge in [0.15, 0.2) is 5.76 Å². The van der Waals surface area contributed by atoms with Gasteiger partial charge in [-0.15, -0.1) is 0 Å². The Labute approximate surface area is 180 Å². The van der Waals surface area contributed by atoms with E-state index in [9.17, 15) is 4.79 Å². The molecule has 1 saturated heterocycles. The third-order valence-electron chi connectivity index (χ3n) is 5.25. The molecule has 160 valence electrons. The molecule has 8 heteroatoms. The Morgan fingerprint density at radius 2 is 2.06 bits per heavy atom. The van der Waals surface area contributed by atoms with Crippen molar-refractivity contribution in [3.05, 3.63) is 65.3 Å². The van der Waals surface area contributed by atoms with Gasteiger partial charge in [-0.1, -0.05) is 35.9 Å². The average Bonchev–Trinajstić information content (AvgIpc) is 3.16. The zero-order valence-corrected chi connectivity index (χ0v) is 17.8. The first-order chi connectivity index (χ1) is 15.0. The van der Waals surface area contributed by atoms with Gasteiger partial charge >= 0.3 is 12.0 Å². The predicted octanol–water partition coefficient (Wildman–Crippen LogP) is 4.83. The van der Waals surface area contributed by atoms with Crippen LogP contribution in [0.1, 0.15) is 30.2 Å². The molecular weight excluding hydrogens is 394 g/mol. The summed E-state index contributed by atoms with van der Waals surface area (Å²) >= 11 is 0. The van der Waals surface area contributed by atoms with Crippen LogP contribution in [0.5, 0.6) is 11.8 Å². The Kier molecular flexibility index (Phi) is 5.97. The van der Waals surface area contributed by atoms with Gasteiger partial charge in [-0.2, -0.15) is 0 Å². The lowest BCUT2D eigenvalue weighted by Crippen LogP contribution is -2.42. The number of anilines is 1. The van der Waals surface area contributed by atoms with Crippen molar-refractivity contribution in [2.75, 3.05) is 18.4 Å². The van der Waals surface area contributed by atoms with E-state index in [4.69, 9.17) is 9.26 Å². The zero-order valence-electron chi connectivity index (χ0n) is 17.8. The van der Waals surface area contributed by atoms with Crippen LogP contribution in [0.2, 0.25) is 0 Å². The molecule has 0 saturated carbocycles. The largest absolute Gasteiger partial charge is 0.424 e. The van der Waals surface area contributed by atoms with E-state index in [0.29, 0.717) is 36.3 Å². The van der Waals surface area contributed by atoms with E-state index in [0.717, 1.165) is 17.5 Å². The van der Waals surface area contributed by atoms with E-state index < -0.39 is 0 Å². The van der Waals surface area contributed by atoms with Crippen LogP contribution in [0, 0.1) is 19.8 Å². The molecule has 1 fully saturated rings. The number of carbonyl (C=O) groups excluding carboxylic acids is 1. The van der Waals surface area contributed by atoms with Gasteiger partial charge < -0.3 is 19.5 Å². The van der Waals surface area contributed by atoms with Crippen LogP contribution in [-0.2, 0) is 0 Å². The van der Waals surface area contributed by atoms with Crippen LogP contribution < -0.4 is 10.1 Å². The topological polar surface area (TPSA) is 93.4 Å². The van der Waals surface area contributed by atoms with Gasteiger partial charge in [-0.3, -0.25) is 0 Å². The third-order valence-corrected chi connectivity index (χ3v) is 5.25. The highest BCUT2D eigenvalue weighted by atomic mass is 16.5. The van der Waals surface area contributed by atoms with Gasteiger partial charge in [0.05, 0.1) is 6.20 Å². The highest BCUT2D eigenvalue weighted by Crippen LogP contribution is 2.27. The fraction of sp³-hybridized carbons (Fsp3) is 0.304. The standard InChI is InChI=1S/C23H25N5O3/c1-15-11-24-22(25-12-15)30-20-6-4-5-18(10-20)9-19-7-8-28(14-16(19)2)23(29)27-21-13-26-31-17(21)3/h4-6,9-13,16H,7-8,14H2,1-3H3,(H,27,29). The fourth-order valence-corrected chi connectivity index (χ4v) is 3.48.